The largest absolute Gasteiger partial charge is 0.375 e. The molecule has 3 rings (SSSR count). The average Bonchev–Trinajstić information content (AvgIpc) is 2.68. The zero-order valence-corrected chi connectivity index (χ0v) is 17.8. The summed E-state index contributed by atoms with van der Waals surface area (Å²) in [5.41, 5.74) is 0.799. The quantitative estimate of drug-likeness (QED) is 0.660. The van der Waals surface area contributed by atoms with Crippen molar-refractivity contribution in [3.63, 3.8) is 0 Å². The maximum atomic E-state index is 12.9. The van der Waals surface area contributed by atoms with Gasteiger partial charge in [0.1, 0.15) is 0 Å². The van der Waals surface area contributed by atoms with Crippen LogP contribution in [0.15, 0.2) is 47.4 Å². The summed E-state index contributed by atoms with van der Waals surface area (Å²) in [6.07, 6.45) is 1.70. The lowest BCUT2D eigenvalue weighted by molar-refractivity contribution is 0.101. The van der Waals surface area contributed by atoms with Crippen LogP contribution in [0, 0.1) is 5.92 Å². The number of nitrogens with one attached hydrogen (secondary N) is 1. The van der Waals surface area contributed by atoms with Crippen molar-refractivity contribution in [3.8, 4) is 0 Å². The van der Waals surface area contributed by atoms with Gasteiger partial charge in [-0.15, -0.1) is 0 Å². The molecule has 0 aromatic heterocycles. The van der Waals surface area contributed by atoms with Crippen LogP contribution in [0.2, 0.25) is 10.0 Å². The number of halogens is 2. The monoisotopic (exact) mass is 440 g/mol. The first-order valence-corrected chi connectivity index (χ1v) is 11.3. The minimum atomic E-state index is -3.60. The molecular formula is C20H22Cl2N2O3S. The third-order valence-electron chi connectivity index (χ3n) is 4.92. The second kappa shape index (κ2) is 8.82. The molecule has 1 saturated heterocycles. The van der Waals surface area contributed by atoms with Crippen LogP contribution in [-0.4, -0.2) is 38.1 Å². The number of nitrogens with zero attached hydrogens (tertiary/aromatic N) is 1. The molecule has 0 amide bonds. The number of hydrogen-bond acceptors (Lipinski definition) is 4. The number of rotatable bonds is 6. The third kappa shape index (κ3) is 4.69. The van der Waals surface area contributed by atoms with Gasteiger partial charge in [0.15, 0.2) is 5.78 Å². The highest BCUT2D eigenvalue weighted by molar-refractivity contribution is 7.89. The number of Topliss-reactive ketones (excluding diaryl/α,β-unsaturated/α-hetero) is 1. The molecule has 150 valence electrons. The van der Waals surface area contributed by atoms with Crippen LogP contribution in [0.5, 0.6) is 0 Å². The van der Waals surface area contributed by atoms with Crippen molar-refractivity contribution in [1.82, 2.24) is 4.31 Å². The molecule has 0 atom stereocenters. The zero-order chi connectivity index (χ0) is 20.3. The number of benzene rings is 2. The van der Waals surface area contributed by atoms with E-state index in [-0.39, 0.29) is 17.2 Å². The summed E-state index contributed by atoms with van der Waals surface area (Å²) in [5, 5.41) is 3.76. The van der Waals surface area contributed by atoms with Crippen molar-refractivity contribution in [2.45, 2.75) is 24.7 Å². The number of para-hydroxylation sites is 1. The Kier molecular flexibility index (Phi) is 6.65. The van der Waals surface area contributed by atoms with Gasteiger partial charge in [-0.1, -0.05) is 48.3 Å². The first-order valence-electron chi connectivity index (χ1n) is 9.10. The highest BCUT2D eigenvalue weighted by atomic mass is 35.5. The number of hydrogen-bond donors (Lipinski definition) is 1. The third-order valence-corrected chi connectivity index (χ3v) is 7.45. The molecule has 0 unspecified atom stereocenters. The van der Waals surface area contributed by atoms with Crippen molar-refractivity contribution in [2.24, 2.45) is 5.92 Å². The Morgan fingerprint density at radius 2 is 1.71 bits per heavy atom. The van der Waals surface area contributed by atoms with E-state index in [0.717, 1.165) is 12.8 Å². The highest BCUT2D eigenvalue weighted by Crippen LogP contribution is 2.30. The first-order chi connectivity index (χ1) is 13.3. The van der Waals surface area contributed by atoms with Crippen molar-refractivity contribution in [1.29, 1.82) is 0 Å². The molecule has 0 saturated carbocycles. The molecule has 2 aromatic carbocycles. The van der Waals surface area contributed by atoms with E-state index in [2.05, 4.69) is 12.2 Å². The van der Waals surface area contributed by atoms with Gasteiger partial charge in [-0.2, -0.15) is 4.31 Å². The Hall–Kier alpha value is -1.60. The number of anilines is 1. The molecule has 8 heteroatoms. The molecule has 0 spiro atoms. The Morgan fingerprint density at radius 3 is 2.36 bits per heavy atom. The first kappa shape index (κ1) is 21.1. The SMILES string of the molecule is CC1CCN(S(=O)(=O)c2cccc(C(=O)CNc3c(Cl)cccc3Cl)c2)CC1. The van der Waals surface area contributed by atoms with Crippen LogP contribution in [-0.2, 0) is 10.0 Å². The predicted molar refractivity (Wildman–Crippen MR) is 113 cm³/mol. The van der Waals surface area contributed by atoms with Gasteiger partial charge in [-0.25, -0.2) is 8.42 Å². The van der Waals surface area contributed by atoms with Gasteiger partial charge < -0.3 is 5.32 Å². The zero-order valence-electron chi connectivity index (χ0n) is 15.5. The fourth-order valence-electron chi connectivity index (χ4n) is 3.14. The standard InChI is InChI=1S/C20H22Cl2N2O3S/c1-14-8-10-24(11-9-14)28(26,27)16-5-2-4-15(12-16)19(25)13-23-20-17(21)6-3-7-18(20)22/h2-7,12,14,23H,8-11,13H2,1H3. The van der Waals surface area contributed by atoms with Crippen molar-refractivity contribution in [3.05, 3.63) is 58.1 Å². The van der Waals surface area contributed by atoms with Crippen LogP contribution in [0.4, 0.5) is 5.69 Å². The van der Waals surface area contributed by atoms with E-state index < -0.39 is 10.0 Å². The van der Waals surface area contributed by atoms with Gasteiger partial charge in [0, 0.05) is 18.7 Å². The maximum absolute atomic E-state index is 12.9. The average molecular weight is 441 g/mol. The molecule has 5 nitrogen and oxygen atoms in total. The lowest BCUT2D eigenvalue weighted by Crippen LogP contribution is -2.37. The van der Waals surface area contributed by atoms with Crippen LogP contribution < -0.4 is 5.32 Å². The molecule has 28 heavy (non-hydrogen) atoms. The van der Waals surface area contributed by atoms with E-state index >= 15 is 0 Å². The summed E-state index contributed by atoms with van der Waals surface area (Å²) in [7, 11) is -3.60. The Balaban J connectivity index is 1.74. The van der Waals surface area contributed by atoms with E-state index in [9.17, 15) is 13.2 Å². The molecular weight excluding hydrogens is 419 g/mol. The second-order valence-corrected chi connectivity index (χ2v) is 9.74. The fourth-order valence-corrected chi connectivity index (χ4v) is 5.19. The summed E-state index contributed by atoms with van der Waals surface area (Å²) in [5.74, 6) is 0.280. The molecule has 0 radical (unpaired) electrons. The summed E-state index contributed by atoms with van der Waals surface area (Å²) in [6, 6.07) is 11.2. The number of sulfonamides is 1. The summed E-state index contributed by atoms with van der Waals surface area (Å²) in [6.45, 7) is 3.10. The Bertz CT molecular complexity index is 951. The van der Waals surface area contributed by atoms with E-state index in [1.807, 2.05) is 0 Å². The number of carbonyl (C=O) groups is 1. The topological polar surface area (TPSA) is 66.5 Å². The van der Waals surface area contributed by atoms with E-state index in [1.165, 1.54) is 16.4 Å². The Labute approximate surface area is 175 Å². The number of carbonyl (C=O) groups excluding carboxylic acids is 1. The summed E-state index contributed by atoms with van der Waals surface area (Å²) in [4.78, 5) is 12.7. The number of piperidine rings is 1. The lowest BCUT2D eigenvalue weighted by Gasteiger charge is -2.29. The van der Waals surface area contributed by atoms with Crippen LogP contribution in [0.3, 0.4) is 0 Å². The number of ketones is 1. The van der Waals surface area contributed by atoms with Crippen molar-refractivity contribution in [2.75, 3.05) is 25.0 Å². The fraction of sp³-hybridized carbons (Fsp3) is 0.350. The van der Waals surface area contributed by atoms with Gasteiger partial charge in [-0.05, 0) is 43.0 Å². The molecule has 1 fully saturated rings. The van der Waals surface area contributed by atoms with E-state index in [1.54, 1.807) is 30.3 Å². The van der Waals surface area contributed by atoms with E-state index in [0.29, 0.717) is 40.3 Å². The van der Waals surface area contributed by atoms with Crippen molar-refractivity contribution < 1.29 is 13.2 Å². The van der Waals surface area contributed by atoms with Gasteiger partial charge in [-0.3, -0.25) is 4.79 Å². The van der Waals surface area contributed by atoms with Gasteiger partial charge in [0.25, 0.3) is 0 Å². The summed E-state index contributed by atoms with van der Waals surface area (Å²) < 4.78 is 27.3. The second-order valence-electron chi connectivity index (χ2n) is 6.99. The highest BCUT2D eigenvalue weighted by Gasteiger charge is 2.28. The maximum Gasteiger partial charge on any atom is 0.243 e. The Morgan fingerprint density at radius 1 is 1.11 bits per heavy atom. The molecule has 1 aliphatic rings. The van der Waals surface area contributed by atoms with Gasteiger partial charge >= 0.3 is 0 Å². The molecule has 2 aromatic rings. The van der Waals surface area contributed by atoms with Crippen LogP contribution in [0.25, 0.3) is 0 Å². The lowest BCUT2D eigenvalue weighted by atomic mass is 10.0. The molecule has 1 aliphatic heterocycles. The van der Waals surface area contributed by atoms with Crippen LogP contribution >= 0.6 is 23.2 Å². The van der Waals surface area contributed by atoms with Gasteiger partial charge in [0.05, 0.1) is 27.2 Å². The minimum Gasteiger partial charge on any atom is -0.375 e. The molecule has 0 aliphatic carbocycles. The van der Waals surface area contributed by atoms with Gasteiger partial charge in [0.2, 0.25) is 10.0 Å². The smallest absolute Gasteiger partial charge is 0.243 e. The minimum absolute atomic E-state index is 0.0474. The molecule has 0 bridgehead atoms. The van der Waals surface area contributed by atoms with Crippen molar-refractivity contribution >= 4 is 44.7 Å². The molecule has 1 N–H and O–H groups in total. The normalized spacial score (nSPS) is 16.1. The predicted octanol–water partition coefficient (Wildman–Crippen LogP) is 4.71. The molecule has 1 heterocycles. The van der Waals surface area contributed by atoms with E-state index in [4.69, 9.17) is 23.2 Å². The van der Waals surface area contributed by atoms with Crippen LogP contribution in [0.1, 0.15) is 30.1 Å². The summed E-state index contributed by atoms with van der Waals surface area (Å²) >= 11 is 12.2.